The zero-order valence-electron chi connectivity index (χ0n) is 14.7. The molecule has 0 aliphatic rings. The van der Waals surface area contributed by atoms with E-state index in [4.69, 9.17) is 10.5 Å². The first kappa shape index (κ1) is 18.5. The summed E-state index contributed by atoms with van der Waals surface area (Å²) in [7, 11) is 3.32. The van der Waals surface area contributed by atoms with Crippen LogP contribution < -0.4 is 15.8 Å². The number of anilines is 1. The molecule has 0 saturated carbocycles. The smallest absolute Gasteiger partial charge is 0.259 e. The standard InChI is InChI=1S/C19H23N3O3/c1-13-7-9-14(10-8-13)18(20)19(24)21-15-5-4-6-16(11-15)25-12-17(23)22(2)3/h4-11,18H,12,20H2,1-3H3,(H,21,24). The summed E-state index contributed by atoms with van der Waals surface area (Å²) in [4.78, 5) is 25.3. The number of carbonyl (C=O) groups excluding carboxylic acids is 2. The Morgan fingerprint density at radius 3 is 2.48 bits per heavy atom. The van der Waals surface area contributed by atoms with Crippen LogP contribution in [0.1, 0.15) is 17.2 Å². The van der Waals surface area contributed by atoms with Crippen LogP contribution in [0.25, 0.3) is 0 Å². The number of carbonyl (C=O) groups is 2. The molecule has 0 spiro atoms. The van der Waals surface area contributed by atoms with E-state index in [1.165, 1.54) is 4.90 Å². The van der Waals surface area contributed by atoms with E-state index in [-0.39, 0.29) is 18.4 Å². The third kappa shape index (κ3) is 5.32. The fourth-order valence-corrected chi connectivity index (χ4v) is 2.08. The average molecular weight is 341 g/mol. The van der Waals surface area contributed by atoms with Crippen molar-refractivity contribution in [3.63, 3.8) is 0 Å². The Hall–Kier alpha value is -2.86. The van der Waals surface area contributed by atoms with E-state index in [9.17, 15) is 9.59 Å². The number of amides is 2. The Morgan fingerprint density at radius 1 is 1.16 bits per heavy atom. The van der Waals surface area contributed by atoms with E-state index >= 15 is 0 Å². The first-order valence-corrected chi connectivity index (χ1v) is 7.93. The van der Waals surface area contributed by atoms with Gasteiger partial charge in [-0.2, -0.15) is 0 Å². The molecule has 1 unspecified atom stereocenters. The van der Waals surface area contributed by atoms with Gasteiger partial charge in [0.25, 0.3) is 5.91 Å². The summed E-state index contributed by atoms with van der Waals surface area (Å²) in [5.74, 6) is 0.0399. The van der Waals surface area contributed by atoms with E-state index in [0.717, 1.165) is 11.1 Å². The predicted molar refractivity (Wildman–Crippen MR) is 97.4 cm³/mol. The third-order valence-electron chi connectivity index (χ3n) is 3.68. The fourth-order valence-electron chi connectivity index (χ4n) is 2.08. The van der Waals surface area contributed by atoms with Gasteiger partial charge in [-0.3, -0.25) is 9.59 Å². The van der Waals surface area contributed by atoms with Crippen LogP contribution in [0.5, 0.6) is 5.75 Å². The van der Waals surface area contributed by atoms with Gasteiger partial charge in [0.05, 0.1) is 0 Å². The van der Waals surface area contributed by atoms with Crippen molar-refractivity contribution in [2.24, 2.45) is 5.73 Å². The van der Waals surface area contributed by atoms with Crippen LogP contribution in [-0.4, -0.2) is 37.4 Å². The Balaban J connectivity index is 1.99. The summed E-state index contributed by atoms with van der Waals surface area (Å²) in [6.45, 7) is 1.91. The van der Waals surface area contributed by atoms with Gasteiger partial charge in [0, 0.05) is 25.8 Å². The topological polar surface area (TPSA) is 84.7 Å². The highest BCUT2D eigenvalue weighted by atomic mass is 16.5. The number of likely N-dealkylation sites (N-methyl/N-ethyl adjacent to an activating group) is 1. The molecular formula is C19H23N3O3. The van der Waals surface area contributed by atoms with Crippen molar-refractivity contribution < 1.29 is 14.3 Å². The Morgan fingerprint density at radius 2 is 1.84 bits per heavy atom. The molecule has 2 rings (SSSR count). The highest BCUT2D eigenvalue weighted by molar-refractivity contribution is 5.95. The molecule has 6 heteroatoms. The lowest BCUT2D eigenvalue weighted by molar-refractivity contribution is -0.130. The maximum Gasteiger partial charge on any atom is 0.259 e. The molecule has 0 fully saturated rings. The van der Waals surface area contributed by atoms with Crippen molar-refractivity contribution in [3.8, 4) is 5.75 Å². The minimum Gasteiger partial charge on any atom is -0.484 e. The number of nitrogens with zero attached hydrogens (tertiary/aromatic N) is 1. The molecule has 1 atom stereocenters. The molecule has 0 bridgehead atoms. The second-order valence-corrected chi connectivity index (χ2v) is 5.98. The summed E-state index contributed by atoms with van der Waals surface area (Å²) in [5, 5.41) is 2.77. The molecule has 3 N–H and O–H groups in total. The lowest BCUT2D eigenvalue weighted by atomic mass is 10.1. The molecule has 0 aliphatic heterocycles. The largest absolute Gasteiger partial charge is 0.484 e. The van der Waals surface area contributed by atoms with Crippen LogP contribution in [0.4, 0.5) is 5.69 Å². The van der Waals surface area contributed by atoms with Crippen LogP contribution in [0, 0.1) is 6.92 Å². The first-order chi connectivity index (χ1) is 11.9. The maximum absolute atomic E-state index is 12.3. The lowest BCUT2D eigenvalue weighted by Crippen LogP contribution is -2.28. The Labute approximate surface area is 147 Å². The van der Waals surface area contributed by atoms with E-state index in [1.54, 1.807) is 38.4 Å². The molecule has 0 radical (unpaired) electrons. The van der Waals surface area contributed by atoms with E-state index in [0.29, 0.717) is 11.4 Å². The van der Waals surface area contributed by atoms with E-state index < -0.39 is 6.04 Å². The molecule has 2 aromatic rings. The fraction of sp³-hybridized carbons (Fsp3) is 0.263. The van der Waals surface area contributed by atoms with Crippen LogP contribution in [0.3, 0.4) is 0 Å². The van der Waals surface area contributed by atoms with Crippen molar-refractivity contribution in [2.45, 2.75) is 13.0 Å². The van der Waals surface area contributed by atoms with Gasteiger partial charge in [0.1, 0.15) is 11.8 Å². The lowest BCUT2D eigenvalue weighted by Gasteiger charge is -2.14. The normalized spacial score (nSPS) is 11.5. The zero-order chi connectivity index (χ0) is 18.4. The number of hydrogen-bond donors (Lipinski definition) is 2. The van der Waals surface area contributed by atoms with Gasteiger partial charge in [0.2, 0.25) is 5.91 Å². The number of ether oxygens (including phenoxy) is 1. The minimum atomic E-state index is -0.763. The molecule has 0 heterocycles. The summed E-state index contributed by atoms with van der Waals surface area (Å²) in [6.07, 6.45) is 0. The SMILES string of the molecule is Cc1ccc(C(N)C(=O)Nc2cccc(OCC(=O)N(C)C)c2)cc1. The number of hydrogen-bond acceptors (Lipinski definition) is 4. The second kappa shape index (κ2) is 8.30. The molecule has 132 valence electrons. The van der Waals surface area contributed by atoms with Gasteiger partial charge in [-0.15, -0.1) is 0 Å². The highest BCUT2D eigenvalue weighted by Gasteiger charge is 2.16. The molecule has 0 aliphatic carbocycles. The number of nitrogens with one attached hydrogen (secondary N) is 1. The molecule has 2 amide bonds. The van der Waals surface area contributed by atoms with Crippen LogP contribution in [-0.2, 0) is 9.59 Å². The van der Waals surface area contributed by atoms with Gasteiger partial charge in [-0.1, -0.05) is 35.9 Å². The minimum absolute atomic E-state index is 0.0622. The maximum atomic E-state index is 12.3. The Bertz CT molecular complexity index is 742. The third-order valence-corrected chi connectivity index (χ3v) is 3.68. The number of nitrogens with two attached hydrogens (primary N) is 1. The second-order valence-electron chi connectivity index (χ2n) is 5.98. The zero-order valence-corrected chi connectivity index (χ0v) is 14.7. The molecule has 0 saturated heterocycles. The highest BCUT2D eigenvalue weighted by Crippen LogP contribution is 2.19. The van der Waals surface area contributed by atoms with Crippen LogP contribution >= 0.6 is 0 Å². The first-order valence-electron chi connectivity index (χ1n) is 7.93. The van der Waals surface area contributed by atoms with Gasteiger partial charge in [-0.25, -0.2) is 0 Å². The number of benzene rings is 2. The monoisotopic (exact) mass is 341 g/mol. The van der Waals surface area contributed by atoms with Crippen molar-refractivity contribution in [2.75, 3.05) is 26.0 Å². The van der Waals surface area contributed by atoms with Gasteiger partial charge >= 0.3 is 0 Å². The summed E-state index contributed by atoms with van der Waals surface area (Å²) >= 11 is 0. The van der Waals surface area contributed by atoms with Crippen LogP contribution in [0.15, 0.2) is 48.5 Å². The molecule has 0 aromatic heterocycles. The van der Waals surface area contributed by atoms with E-state index in [1.807, 2.05) is 31.2 Å². The van der Waals surface area contributed by atoms with Crippen LogP contribution in [0.2, 0.25) is 0 Å². The van der Waals surface area contributed by atoms with Gasteiger partial charge in [0.15, 0.2) is 6.61 Å². The predicted octanol–water partition coefficient (Wildman–Crippen LogP) is 2.10. The quantitative estimate of drug-likeness (QED) is 0.843. The van der Waals surface area contributed by atoms with Gasteiger partial charge in [-0.05, 0) is 24.6 Å². The Kier molecular flexibility index (Phi) is 6.14. The number of rotatable bonds is 6. The summed E-state index contributed by atoms with van der Waals surface area (Å²) < 4.78 is 5.44. The van der Waals surface area contributed by atoms with Crippen molar-refractivity contribution >= 4 is 17.5 Å². The van der Waals surface area contributed by atoms with E-state index in [2.05, 4.69) is 5.32 Å². The summed E-state index contributed by atoms with van der Waals surface area (Å²) in [6, 6.07) is 13.6. The average Bonchev–Trinajstić information content (AvgIpc) is 2.60. The molecule has 2 aromatic carbocycles. The van der Waals surface area contributed by atoms with Crippen molar-refractivity contribution in [3.05, 3.63) is 59.7 Å². The van der Waals surface area contributed by atoms with Crippen molar-refractivity contribution in [1.82, 2.24) is 4.90 Å². The summed E-state index contributed by atoms with van der Waals surface area (Å²) in [5.41, 5.74) is 8.42. The molecule has 6 nitrogen and oxygen atoms in total. The van der Waals surface area contributed by atoms with Crippen molar-refractivity contribution in [1.29, 1.82) is 0 Å². The molecule has 25 heavy (non-hydrogen) atoms. The van der Waals surface area contributed by atoms with Gasteiger partial charge < -0.3 is 20.7 Å². The number of aryl methyl sites for hydroxylation is 1. The molecular weight excluding hydrogens is 318 g/mol.